The molecule has 630 valence electrons. The van der Waals surface area contributed by atoms with E-state index in [4.69, 9.17) is 0 Å². The molecule has 0 aliphatic heterocycles. The van der Waals surface area contributed by atoms with E-state index in [9.17, 15) is 0 Å². The van der Waals surface area contributed by atoms with Crippen LogP contribution in [0.15, 0.2) is 196 Å². The Balaban J connectivity index is 0.000000642. The van der Waals surface area contributed by atoms with E-state index in [1.165, 1.54) is 111 Å². The topological polar surface area (TPSA) is 158 Å². The van der Waals surface area contributed by atoms with Crippen molar-refractivity contribution in [2.24, 2.45) is 42.3 Å². The van der Waals surface area contributed by atoms with Crippen LogP contribution in [0, 0.1) is 62.3 Å². The van der Waals surface area contributed by atoms with Crippen molar-refractivity contribution in [3.63, 3.8) is 0 Å². The number of fused-ring (bicyclic) bond motifs is 9. The summed E-state index contributed by atoms with van der Waals surface area (Å²) >= 11 is 0. The van der Waals surface area contributed by atoms with Gasteiger partial charge in [0.1, 0.15) is 6.33 Å². The first kappa shape index (κ1) is 104. The number of aryl methyl sites for hydroxylation is 15. The number of imidazole rings is 1. The Labute approximate surface area is 705 Å². The Morgan fingerprint density at radius 3 is 1.21 bits per heavy atom. The van der Waals surface area contributed by atoms with Gasteiger partial charge in [-0.2, -0.15) is 5.10 Å². The first-order valence-electron chi connectivity index (χ1n) is 42.5. The van der Waals surface area contributed by atoms with Crippen molar-refractivity contribution in [2.45, 2.75) is 227 Å². The lowest BCUT2D eigenvalue weighted by molar-refractivity contribution is 0.792. The molecular weight excluding hydrogens is 1440 g/mol. The summed E-state index contributed by atoms with van der Waals surface area (Å²) in [5, 5.41) is 7.77. The third kappa shape index (κ3) is 28.9. The molecule has 16 heteroatoms. The lowest BCUT2D eigenvalue weighted by Gasteiger charge is -2.04. The molecule has 0 spiro atoms. The second kappa shape index (κ2) is 56.1. The van der Waals surface area contributed by atoms with Gasteiger partial charge in [0.05, 0.1) is 79.3 Å². The largest absolute Gasteiger partial charge is 0.350 e. The Morgan fingerprint density at radius 2 is 0.675 bits per heavy atom. The summed E-state index contributed by atoms with van der Waals surface area (Å²) in [6, 6.07) is 29.0. The zero-order chi connectivity index (χ0) is 88.6. The molecule has 0 atom stereocenters. The van der Waals surface area contributed by atoms with Crippen molar-refractivity contribution in [1.29, 1.82) is 0 Å². The van der Waals surface area contributed by atoms with Crippen LogP contribution >= 0.6 is 0 Å². The lowest BCUT2D eigenvalue weighted by atomic mass is 10.0. The van der Waals surface area contributed by atoms with Crippen molar-refractivity contribution < 1.29 is 0 Å². The van der Waals surface area contributed by atoms with Crippen molar-refractivity contribution in [1.82, 2.24) is 77.5 Å². The number of nitrogens with zero attached hydrogens (tertiary/aromatic N) is 16. The molecule has 117 heavy (non-hydrogen) atoms. The predicted octanol–water partition coefficient (Wildman–Crippen LogP) is 27.0. The standard InChI is InChI=1S/C11H12.2C10H11N.4C9H10N2.2C8H9N3.9C2H6/c1-8-4-3-5-10-7-6-9(2)11(8)10;1-7-3-4-9-6-11-5-8(2)10(7)9;1-7-3-4-9-5-6-11-8(2)10(7)9;1-7-9-8(3-5-10-7)4-6-11(9)2;1-7-3-5-10-8-4-6-11(2)9(7)8;1-7-5-10-6-8-3-4-11(2)9(7)8;1-7-4-3-5-8-9(7)11(2)6-10-8;1-6-8-7(10-5-9-6)3-4-11(8)2;1-6-8-7(3-4-9-6)5-10-11(8)2;9*1-2/h3-6H,7H2,1-2H3;2*3,5-6H,4H2,1-2H3;4*3-6H,1-2H3;2*3-5H,1-2H3;9*1-2H3. The van der Waals surface area contributed by atoms with Gasteiger partial charge in [0, 0.05) is 144 Å². The van der Waals surface area contributed by atoms with E-state index < -0.39 is 0 Å². The fourth-order valence-electron chi connectivity index (χ4n) is 13.5. The highest BCUT2D eigenvalue weighted by Gasteiger charge is 2.15. The number of rotatable bonds is 0. The van der Waals surface area contributed by atoms with E-state index in [1.807, 2.05) is 305 Å². The monoisotopic (exact) mass is 1580 g/mol. The Hall–Kier alpha value is -11.3. The quantitative estimate of drug-likeness (QED) is 0.143. The smallest absolute Gasteiger partial charge is 0.116 e. The number of para-hydroxylation sites is 1. The minimum absolute atomic E-state index is 1.01. The van der Waals surface area contributed by atoms with Crippen molar-refractivity contribution in [2.75, 3.05) is 0 Å². The fraction of sp³-hybridized carbons (Fsp3) is 0.386. The van der Waals surface area contributed by atoms with E-state index >= 15 is 0 Å². The van der Waals surface area contributed by atoms with E-state index in [2.05, 4.69) is 206 Å². The van der Waals surface area contributed by atoms with Crippen LogP contribution in [0.2, 0.25) is 0 Å². The average Bonchev–Trinajstić information content (AvgIpc) is 1.78. The summed E-state index contributed by atoms with van der Waals surface area (Å²) in [6.45, 7) is 61.2. The molecule has 0 fully saturated rings. The van der Waals surface area contributed by atoms with Gasteiger partial charge >= 0.3 is 0 Å². The van der Waals surface area contributed by atoms with E-state index in [0.717, 1.165) is 75.0 Å². The number of pyridine rings is 6. The van der Waals surface area contributed by atoms with Gasteiger partial charge in [0.2, 0.25) is 0 Å². The third-order valence-corrected chi connectivity index (χ3v) is 18.4. The van der Waals surface area contributed by atoms with Crippen molar-refractivity contribution >= 4 is 82.5 Å². The van der Waals surface area contributed by atoms with Crippen LogP contribution in [0.4, 0.5) is 0 Å². The molecule has 0 radical (unpaired) electrons. The van der Waals surface area contributed by atoms with Crippen LogP contribution in [0.25, 0.3) is 82.5 Å². The number of aromatic nitrogens is 16. The minimum Gasteiger partial charge on any atom is -0.350 e. The molecule has 0 amide bonds. The van der Waals surface area contributed by atoms with Gasteiger partial charge in [0.15, 0.2) is 0 Å². The Morgan fingerprint density at radius 1 is 0.265 bits per heavy atom. The molecule has 2 aromatic carbocycles. The molecule has 3 aliphatic carbocycles. The van der Waals surface area contributed by atoms with Crippen LogP contribution in [0.1, 0.15) is 229 Å². The number of hydrogen-bond donors (Lipinski definition) is 0. The van der Waals surface area contributed by atoms with Crippen LogP contribution in [0.3, 0.4) is 0 Å². The lowest BCUT2D eigenvalue weighted by Crippen LogP contribution is -1.92. The van der Waals surface area contributed by atoms with Crippen LogP contribution < -0.4 is 0 Å². The van der Waals surface area contributed by atoms with E-state index in [1.54, 1.807) is 12.5 Å². The molecule has 16 nitrogen and oxygen atoms in total. The first-order chi connectivity index (χ1) is 56.6. The molecule has 18 rings (SSSR count). The van der Waals surface area contributed by atoms with Gasteiger partial charge in [0.25, 0.3) is 0 Å². The van der Waals surface area contributed by atoms with Crippen LogP contribution in [0.5, 0.6) is 0 Å². The zero-order valence-corrected chi connectivity index (χ0v) is 78.8. The molecule has 0 N–H and O–H groups in total. The molecule has 0 bridgehead atoms. The predicted molar refractivity (Wildman–Crippen MR) is 512 cm³/mol. The average molecular weight is 1580 g/mol. The van der Waals surface area contributed by atoms with Gasteiger partial charge in [-0.15, -0.1) is 0 Å². The van der Waals surface area contributed by atoms with E-state index in [-0.39, 0.29) is 0 Å². The maximum Gasteiger partial charge on any atom is 0.116 e. The SMILES string of the molecule is CC.CC.CC.CC.CC.CC.CC.CC.CC.CC1=CCc2cccc(C)c21.CC1=CCc2ccnc(C)c21.CC1=CCc2cncc(C)c21.Cc1cccc2ncn(C)c12.Cc1ccnc2ccn(C)c12.Cc1cncc2ccn(C)c12.Cc1nccc2ccn(C)c12.Cc1nccc2cnn(C)c12.Cc1ncnc2ccn(C)c12. The zero-order valence-electron chi connectivity index (χ0n) is 78.8. The summed E-state index contributed by atoms with van der Waals surface area (Å²) in [5.74, 6) is 0. The van der Waals surface area contributed by atoms with Gasteiger partial charge in [-0.1, -0.05) is 173 Å². The Kier molecular flexibility index (Phi) is 49.8. The molecule has 13 heterocycles. The van der Waals surface area contributed by atoms with Crippen LogP contribution in [-0.4, -0.2) is 77.5 Å². The maximum absolute atomic E-state index is 4.26. The van der Waals surface area contributed by atoms with Gasteiger partial charge in [-0.05, 0) is 229 Å². The van der Waals surface area contributed by atoms with Gasteiger partial charge in [-0.3, -0.25) is 34.6 Å². The summed E-state index contributed by atoms with van der Waals surface area (Å²) in [4.78, 5) is 37.7. The van der Waals surface area contributed by atoms with Gasteiger partial charge in [-0.25, -0.2) is 15.0 Å². The van der Waals surface area contributed by atoms with Crippen molar-refractivity contribution in [3.8, 4) is 0 Å². The highest BCUT2D eigenvalue weighted by Crippen LogP contribution is 2.31. The maximum atomic E-state index is 4.26. The number of benzene rings is 2. The fourth-order valence-corrected chi connectivity index (χ4v) is 13.5. The molecular formula is C101H146N16. The molecule has 13 aromatic heterocycles. The molecule has 3 aliphatic rings. The molecule has 15 aromatic rings. The Bertz CT molecular complexity index is 4660. The molecule has 0 saturated heterocycles. The first-order valence-corrected chi connectivity index (χ1v) is 42.5. The highest BCUT2D eigenvalue weighted by atomic mass is 15.3. The van der Waals surface area contributed by atoms with Crippen LogP contribution in [-0.2, 0) is 61.5 Å². The summed E-state index contributed by atoms with van der Waals surface area (Å²) in [5.41, 5.74) is 34.0. The summed E-state index contributed by atoms with van der Waals surface area (Å²) < 4.78 is 12.2. The number of allylic oxidation sites excluding steroid dienone is 6. The summed E-state index contributed by atoms with van der Waals surface area (Å²) in [7, 11) is 12.1. The molecule has 0 unspecified atom stereocenters. The normalized spacial score (nSPS) is 10.6. The van der Waals surface area contributed by atoms with Gasteiger partial charge < -0.3 is 22.8 Å². The second-order valence-electron chi connectivity index (χ2n) is 25.7. The minimum atomic E-state index is 1.01. The third-order valence-electron chi connectivity index (χ3n) is 18.4. The van der Waals surface area contributed by atoms with Crippen molar-refractivity contribution in [3.05, 3.63) is 280 Å². The molecule has 0 saturated carbocycles. The number of hydrogen-bond acceptors (Lipinski definition) is 10. The second-order valence-corrected chi connectivity index (χ2v) is 25.7. The summed E-state index contributed by atoms with van der Waals surface area (Å²) in [6.07, 6.45) is 38.6. The highest BCUT2D eigenvalue weighted by molar-refractivity contribution is 5.84. The van der Waals surface area contributed by atoms with E-state index in [0.29, 0.717) is 0 Å².